The number of carboxylic acids is 1. The van der Waals surface area contributed by atoms with E-state index in [0.717, 1.165) is 0 Å². The molecule has 0 aliphatic heterocycles. The van der Waals surface area contributed by atoms with Crippen molar-refractivity contribution in [2.75, 3.05) is 12.9 Å². The fourth-order valence-corrected chi connectivity index (χ4v) is 2.63. The van der Waals surface area contributed by atoms with Gasteiger partial charge in [-0.1, -0.05) is 13.8 Å². The summed E-state index contributed by atoms with van der Waals surface area (Å²) in [4.78, 5) is 21.7. The number of esters is 1. The molecule has 0 aliphatic rings. The maximum atomic E-state index is 11.6. The molecule has 18 heavy (non-hydrogen) atoms. The van der Waals surface area contributed by atoms with Gasteiger partial charge in [-0.25, -0.2) is 13.1 Å². The number of nitrogens with one attached hydrogen (secondary N) is 1. The predicted octanol–water partition coefficient (Wildman–Crippen LogP) is -0.0318. The van der Waals surface area contributed by atoms with E-state index in [1.807, 2.05) is 0 Å². The Morgan fingerprint density at radius 3 is 2.28 bits per heavy atom. The van der Waals surface area contributed by atoms with Gasteiger partial charge in [0.05, 0.1) is 12.9 Å². The van der Waals surface area contributed by atoms with Gasteiger partial charge in [0, 0.05) is 6.42 Å². The molecule has 0 aliphatic carbocycles. The topological polar surface area (TPSA) is 110 Å². The lowest BCUT2D eigenvalue weighted by Crippen LogP contribution is -2.45. The van der Waals surface area contributed by atoms with E-state index >= 15 is 0 Å². The Morgan fingerprint density at radius 2 is 1.89 bits per heavy atom. The van der Waals surface area contributed by atoms with Crippen molar-refractivity contribution in [2.24, 2.45) is 5.92 Å². The lowest BCUT2D eigenvalue weighted by molar-refractivity contribution is -0.141. The van der Waals surface area contributed by atoms with Crippen LogP contribution in [0.1, 0.15) is 26.7 Å². The molecule has 0 aromatic heterocycles. The molecule has 0 aromatic carbocycles. The quantitative estimate of drug-likeness (QED) is 0.604. The van der Waals surface area contributed by atoms with E-state index in [0.29, 0.717) is 0 Å². The molecule has 0 spiro atoms. The molecule has 0 fully saturated rings. The van der Waals surface area contributed by atoms with E-state index in [1.165, 1.54) is 7.11 Å². The van der Waals surface area contributed by atoms with Gasteiger partial charge in [-0.3, -0.25) is 9.59 Å². The van der Waals surface area contributed by atoms with Crippen molar-refractivity contribution in [3.05, 3.63) is 0 Å². The molecule has 0 amide bonds. The van der Waals surface area contributed by atoms with Gasteiger partial charge in [-0.15, -0.1) is 0 Å². The number of aliphatic carboxylic acids is 1. The second kappa shape index (κ2) is 7.32. The molecule has 106 valence electrons. The van der Waals surface area contributed by atoms with Crippen molar-refractivity contribution in [2.45, 2.75) is 32.7 Å². The summed E-state index contributed by atoms with van der Waals surface area (Å²) >= 11 is 0. The lowest BCUT2D eigenvalue weighted by atomic mass is 10.1. The van der Waals surface area contributed by atoms with Gasteiger partial charge in [0.15, 0.2) is 0 Å². The van der Waals surface area contributed by atoms with E-state index < -0.39 is 28.0 Å². The van der Waals surface area contributed by atoms with Crippen LogP contribution in [0.3, 0.4) is 0 Å². The molecule has 0 heterocycles. The summed E-state index contributed by atoms with van der Waals surface area (Å²) in [5, 5.41) is 8.86. The fourth-order valence-electron chi connectivity index (χ4n) is 1.23. The third kappa shape index (κ3) is 6.55. The maximum absolute atomic E-state index is 11.6. The van der Waals surface area contributed by atoms with Crippen LogP contribution in [0.5, 0.6) is 0 Å². The first-order valence-electron chi connectivity index (χ1n) is 5.49. The number of rotatable bonds is 8. The van der Waals surface area contributed by atoms with E-state index in [2.05, 4.69) is 9.46 Å². The van der Waals surface area contributed by atoms with Crippen molar-refractivity contribution < 1.29 is 27.9 Å². The van der Waals surface area contributed by atoms with Crippen molar-refractivity contribution in [3.63, 3.8) is 0 Å². The largest absolute Gasteiger partial charge is 0.480 e. The van der Waals surface area contributed by atoms with Crippen LogP contribution < -0.4 is 4.72 Å². The molecule has 0 rings (SSSR count). The summed E-state index contributed by atoms with van der Waals surface area (Å²) < 4.78 is 29.7. The first-order chi connectivity index (χ1) is 8.19. The standard InChI is InChI=1S/C10H19NO6S/c1-7(2)9(10(13)14)11-18(15,16)6-4-5-8(12)17-3/h7,9,11H,4-6H2,1-3H3,(H,13,14)/t9-/m0/s1. The van der Waals surface area contributed by atoms with Gasteiger partial charge in [-0.2, -0.15) is 0 Å². The van der Waals surface area contributed by atoms with Crippen LogP contribution in [-0.4, -0.2) is 44.4 Å². The molecule has 8 heteroatoms. The SMILES string of the molecule is COC(=O)CCCS(=O)(=O)N[C@H](C(=O)O)C(C)C. The van der Waals surface area contributed by atoms with Gasteiger partial charge >= 0.3 is 11.9 Å². The number of hydrogen-bond acceptors (Lipinski definition) is 5. The zero-order valence-corrected chi connectivity index (χ0v) is 11.5. The number of carbonyl (C=O) groups is 2. The Bertz CT molecular complexity index is 389. The number of hydrogen-bond donors (Lipinski definition) is 2. The van der Waals surface area contributed by atoms with Gasteiger partial charge in [0.25, 0.3) is 0 Å². The first-order valence-corrected chi connectivity index (χ1v) is 7.14. The monoisotopic (exact) mass is 281 g/mol. The van der Waals surface area contributed by atoms with Gasteiger partial charge < -0.3 is 9.84 Å². The summed E-state index contributed by atoms with van der Waals surface area (Å²) in [6.45, 7) is 3.21. The van der Waals surface area contributed by atoms with Crippen LogP contribution in [0.15, 0.2) is 0 Å². The van der Waals surface area contributed by atoms with Crippen LogP contribution in [0.2, 0.25) is 0 Å². The summed E-state index contributed by atoms with van der Waals surface area (Å²) in [6.07, 6.45) is 0.0727. The Kier molecular flexibility index (Phi) is 6.85. The minimum absolute atomic E-state index is 0.0170. The second-order valence-electron chi connectivity index (χ2n) is 4.18. The highest BCUT2D eigenvalue weighted by atomic mass is 32.2. The van der Waals surface area contributed by atoms with E-state index in [-0.39, 0.29) is 24.5 Å². The molecule has 0 unspecified atom stereocenters. The predicted molar refractivity (Wildman–Crippen MR) is 64.4 cm³/mol. The molecular formula is C10H19NO6S. The van der Waals surface area contributed by atoms with Crippen molar-refractivity contribution >= 4 is 22.0 Å². The maximum Gasteiger partial charge on any atom is 0.321 e. The third-order valence-corrected chi connectivity index (χ3v) is 3.70. The van der Waals surface area contributed by atoms with E-state index in [4.69, 9.17) is 5.11 Å². The average Bonchev–Trinajstić information content (AvgIpc) is 2.24. The van der Waals surface area contributed by atoms with E-state index in [1.54, 1.807) is 13.8 Å². The van der Waals surface area contributed by atoms with Crippen LogP contribution in [-0.2, 0) is 24.3 Å². The molecule has 0 bridgehead atoms. The number of sulfonamides is 1. The van der Waals surface area contributed by atoms with Crippen molar-refractivity contribution in [1.29, 1.82) is 0 Å². The summed E-state index contributed by atoms with van der Waals surface area (Å²) in [5.74, 6) is -2.39. The van der Waals surface area contributed by atoms with E-state index in [9.17, 15) is 18.0 Å². The van der Waals surface area contributed by atoms with Crippen LogP contribution >= 0.6 is 0 Å². The number of ether oxygens (including phenoxy) is 1. The second-order valence-corrected chi connectivity index (χ2v) is 6.05. The van der Waals surface area contributed by atoms with Crippen LogP contribution in [0.25, 0.3) is 0 Å². The molecule has 0 aromatic rings. The molecule has 0 radical (unpaired) electrons. The molecule has 0 saturated carbocycles. The number of carboxylic acid groups (broad SMARTS) is 1. The molecule has 2 N–H and O–H groups in total. The van der Waals surface area contributed by atoms with Crippen molar-refractivity contribution in [1.82, 2.24) is 4.72 Å². The highest BCUT2D eigenvalue weighted by molar-refractivity contribution is 7.89. The zero-order chi connectivity index (χ0) is 14.3. The minimum Gasteiger partial charge on any atom is -0.480 e. The highest BCUT2D eigenvalue weighted by Gasteiger charge is 2.26. The smallest absolute Gasteiger partial charge is 0.321 e. The van der Waals surface area contributed by atoms with Gasteiger partial charge in [0.1, 0.15) is 6.04 Å². The Balaban J connectivity index is 4.38. The van der Waals surface area contributed by atoms with Crippen molar-refractivity contribution in [3.8, 4) is 0 Å². The Hall–Kier alpha value is -1.15. The summed E-state index contributed by atoms with van der Waals surface area (Å²) in [5.41, 5.74) is 0. The number of carbonyl (C=O) groups excluding carboxylic acids is 1. The third-order valence-electron chi connectivity index (χ3n) is 2.26. The minimum atomic E-state index is -3.71. The van der Waals surface area contributed by atoms with Gasteiger partial charge in [0.2, 0.25) is 10.0 Å². The zero-order valence-electron chi connectivity index (χ0n) is 10.7. The van der Waals surface area contributed by atoms with Crippen LogP contribution in [0, 0.1) is 5.92 Å². The Labute approximate surface area is 107 Å². The Morgan fingerprint density at radius 1 is 1.33 bits per heavy atom. The average molecular weight is 281 g/mol. The lowest BCUT2D eigenvalue weighted by Gasteiger charge is -2.17. The normalized spacial score (nSPS) is 13.3. The first kappa shape index (κ1) is 16.9. The number of methoxy groups -OCH3 is 1. The molecule has 1 atom stereocenters. The highest BCUT2D eigenvalue weighted by Crippen LogP contribution is 2.05. The molecule has 0 saturated heterocycles. The molecular weight excluding hydrogens is 262 g/mol. The van der Waals surface area contributed by atoms with Gasteiger partial charge in [-0.05, 0) is 12.3 Å². The summed E-state index contributed by atoms with van der Waals surface area (Å²) in [7, 11) is -2.50. The fraction of sp³-hybridized carbons (Fsp3) is 0.800. The summed E-state index contributed by atoms with van der Waals surface area (Å²) in [6, 6.07) is -1.16. The van der Waals surface area contributed by atoms with Crippen LogP contribution in [0.4, 0.5) is 0 Å². The molecule has 7 nitrogen and oxygen atoms in total.